The number of anilines is 1. The van der Waals surface area contributed by atoms with Gasteiger partial charge in [0.25, 0.3) is 0 Å². The Morgan fingerprint density at radius 3 is 2.73 bits per heavy atom. The van der Waals surface area contributed by atoms with Crippen molar-refractivity contribution in [2.75, 3.05) is 31.1 Å². The molecule has 2 aliphatic heterocycles. The van der Waals surface area contributed by atoms with E-state index in [9.17, 15) is 0 Å². The minimum atomic E-state index is 0.645. The lowest BCUT2D eigenvalue weighted by Gasteiger charge is -2.33. The normalized spacial score (nSPS) is 17.1. The number of nitrogens with zero attached hydrogens (tertiary/aromatic N) is 2. The molecule has 6 heteroatoms. The third-order valence-electron chi connectivity index (χ3n) is 4.79. The van der Waals surface area contributed by atoms with Crippen LogP contribution in [0.5, 0.6) is 11.5 Å². The Morgan fingerprint density at radius 1 is 1.12 bits per heavy atom. The average Bonchev–Trinajstić information content (AvgIpc) is 2.69. The van der Waals surface area contributed by atoms with Gasteiger partial charge in [-0.05, 0) is 49.6 Å². The molecule has 26 heavy (non-hydrogen) atoms. The van der Waals surface area contributed by atoms with Crippen LogP contribution in [-0.2, 0) is 0 Å². The van der Waals surface area contributed by atoms with Gasteiger partial charge in [0, 0.05) is 19.3 Å². The van der Waals surface area contributed by atoms with E-state index in [2.05, 4.69) is 15.2 Å². The highest BCUT2D eigenvalue weighted by atomic mass is 35.5. The fourth-order valence-corrected chi connectivity index (χ4v) is 3.60. The second-order valence-electron chi connectivity index (χ2n) is 6.62. The molecule has 0 amide bonds. The largest absolute Gasteiger partial charge is 0.457 e. The first-order chi connectivity index (χ1) is 12.8. The summed E-state index contributed by atoms with van der Waals surface area (Å²) in [6, 6.07) is 11.5. The van der Waals surface area contributed by atoms with Gasteiger partial charge in [0.15, 0.2) is 17.3 Å². The SMILES string of the molecule is Clc1cccnc1N1CCC(CNCC2=COc3ccccc3O2)CC1. The van der Waals surface area contributed by atoms with Crippen LogP contribution >= 0.6 is 11.6 Å². The van der Waals surface area contributed by atoms with Crippen molar-refractivity contribution < 1.29 is 9.47 Å². The first kappa shape index (κ1) is 17.2. The van der Waals surface area contributed by atoms with E-state index < -0.39 is 0 Å². The van der Waals surface area contributed by atoms with Crippen LogP contribution in [0.15, 0.2) is 54.6 Å². The minimum Gasteiger partial charge on any atom is -0.457 e. The Labute approximate surface area is 158 Å². The predicted octanol–water partition coefficient (Wildman–Crippen LogP) is 3.85. The summed E-state index contributed by atoms with van der Waals surface area (Å²) in [6.07, 6.45) is 5.73. The van der Waals surface area contributed by atoms with Crippen LogP contribution in [0.4, 0.5) is 5.82 Å². The van der Waals surface area contributed by atoms with Crippen molar-refractivity contribution in [2.24, 2.45) is 5.92 Å². The summed E-state index contributed by atoms with van der Waals surface area (Å²) in [6.45, 7) is 3.60. The molecule has 3 heterocycles. The maximum Gasteiger partial charge on any atom is 0.169 e. The minimum absolute atomic E-state index is 0.645. The second-order valence-corrected chi connectivity index (χ2v) is 7.03. The summed E-state index contributed by atoms with van der Waals surface area (Å²) >= 11 is 6.25. The molecule has 4 rings (SSSR count). The van der Waals surface area contributed by atoms with Crippen molar-refractivity contribution in [1.82, 2.24) is 10.3 Å². The zero-order valence-electron chi connectivity index (χ0n) is 14.5. The Balaban J connectivity index is 1.21. The van der Waals surface area contributed by atoms with Crippen LogP contribution in [0, 0.1) is 5.92 Å². The van der Waals surface area contributed by atoms with E-state index in [-0.39, 0.29) is 0 Å². The Kier molecular flexibility index (Phi) is 5.27. The lowest BCUT2D eigenvalue weighted by Crippen LogP contribution is -2.38. The maximum atomic E-state index is 6.25. The molecule has 1 aromatic heterocycles. The van der Waals surface area contributed by atoms with Gasteiger partial charge in [-0.3, -0.25) is 0 Å². The predicted molar refractivity (Wildman–Crippen MR) is 103 cm³/mol. The van der Waals surface area contributed by atoms with Gasteiger partial charge in [0.2, 0.25) is 0 Å². The van der Waals surface area contributed by atoms with Crippen molar-refractivity contribution >= 4 is 17.4 Å². The Morgan fingerprint density at radius 2 is 1.92 bits per heavy atom. The van der Waals surface area contributed by atoms with Gasteiger partial charge in [-0.25, -0.2) is 4.98 Å². The van der Waals surface area contributed by atoms with Crippen molar-refractivity contribution in [3.05, 3.63) is 59.6 Å². The van der Waals surface area contributed by atoms with Crippen LogP contribution in [0.2, 0.25) is 5.02 Å². The van der Waals surface area contributed by atoms with Crippen LogP contribution in [0.25, 0.3) is 0 Å². The molecule has 1 saturated heterocycles. The summed E-state index contributed by atoms with van der Waals surface area (Å²) in [5.74, 6) is 3.88. The van der Waals surface area contributed by atoms with Crippen LogP contribution < -0.4 is 19.7 Å². The van der Waals surface area contributed by atoms with E-state index >= 15 is 0 Å². The number of hydrogen-bond acceptors (Lipinski definition) is 5. The van der Waals surface area contributed by atoms with Crippen LogP contribution in [0.1, 0.15) is 12.8 Å². The molecule has 0 bridgehead atoms. The fraction of sp³-hybridized carbons (Fsp3) is 0.350. The number of fused-ring (bicyclic) bond motifs is 1. The summed E-state index contributed by atoms with van der Waals surface area (Å²) < 4.78 is 11.5. The maximum absolute atomic E-state index is 6.25. The quantitative estimate of drug-likeness (QED) is 0.864. The van der Waals surface area contributed by atoms with E-state index in [1.54, 1.807) is 12.5 Å². The summed E-state index contributed by atoms with van der Waals surface area (Å²) in [4.78, 5) is 6.68. The van der Waals surface area contributed by atoms with E-state index in [0.717, 1.165) is 60.6 Å². The highest BCUT2D eigenvalue weighted by Gasteiger charge is 2.21. The molecule has 1 N–H and O–H groups in total. The summed E-state index contributed by atoms with van der Waals surface area (Å²) in [5.41, 5.74) is 0. The second kappa shape index (κ2) is 7.98. The number of nitrogens with one attached hydrogen (secondary N) is 1. The van der Waals surface area contributed by atoms with Crippen molar-refractivity contribution in [3.63, 3.8) is 0 Å². The number of pyridine rings is 1. The highest BCUT2D eigenvalue weighted by Crippen LogP contribution is 2.31. The third kappa shape index (κ3) is 3.94. The zero-order chi connectivity index (χ0) is 17.8. The van der Waals surface area contributed by atoms with Crippen LogP contribution in [0.3, 0.4) is 0 Å². The van der Waals surface area contributed by atoms with Crippen LogP contribution in [-0.4, -0.2) is 31.2 Å². The number of piperidine rings is 1. The summed E-state index contributed by atoms with van der Waals surface area (Å²) in [7, 11) is 0. The van der Waals surface area contributed by atoms with Crippen molar-refractivity contribution in [2.45, 2.75) is 12.8 Å². The van der Waals surface area contributed by atoms with Gasteiger partial charge < -0.3 is 19.7 Å². The van der Waals surface area contributed by atoms with E-state index in [1.807, 2.05) is 36.4 Å². The van der Waals surface area contributed by atoms with Gasteiger partial charge in [-0.15, -0.1) is 0 Å². The lowest BCUT2D eigenvalue weighted by molar-refractivity contribution is 0.307. The number of hydrogen-bond donors (Lipinski definition) is 1. The molecule has 0 atom stereocenters. The standard InChI is InChI=1S/C20H22ClN3O2/c21-17-4-3-9-23-20(17)24-10-7-15(8-11-24)12-22-13-16-14-25-18-5-1-2-6-19(18)26-16/h1-6,9,14-15,22H,7-8,10-13H2. The molecule has 2 aliphatic rings. The number of aromatic nitrogens is 1. The smallest absolute Gasteiger partial charge is 0.169 e. The molecule has 136 valence electrons. The third-order valence-corrected chi connectivity index (χ3v) is 5.09. The topological polar surface area (TPSA) is 46.6 Å². The number of halogens is 1. The highest BCUT2D eigenvalue weighted by molar-refractivity contribution is 6.32. The number of benzene rings is 1. The molecule has 0 radical (unpaired) electrons. The number of para-hydroxylation sites is 2. The molecule has 1 aromatic carbocycles. The van der Waals surface area contributed by atoms with Gasteiger partial charge in [0.1, 0.15) is 12.1 Å². The molecular formula is C20H22ClN3O2. The Bertz CT molecular complexity index is 788. The molecule has 5 nitrogen and oxygen atoms in total. The number of ether oxygens (including phenoxy) is 2. The Hall–Kier alpha value is -2.24. The first-order valence-electron chi connectivity index (χ1n) is 8.98. The fourth-order valence-electron chi connectivity index (χ4n) is 3.36. The zero-order valence-corrected chi connectivity index (χ0v) is 15.3. The van der Waals surface area contributed by atoms with E-state index in [0.29, 0.717) is 12.5 Å². The molecule has 1 fully saturated rings. The molecule has 0 saturated carbocycles. The van der Waals surface area contributed by atoms with E-state index in [4.69, 9.17) is 21.1 Å². The van der Waals surface area contributed by atoms with Crippen molar-refractivity contribution in [3.8, 4) is 11.5 Å². The molecular weight excluding hydrogens is 350 g/mol. The molecule has 0 spiro atoms. The van der Waals surface area contributed by atoms with Crippen molar-refractivity contribution in [1.29, 1.82) is 0 Å². The van der Waals surface area contributed by atoms with Gasteiger partial charge in [0.05, 0.1) is 11.6 Å². The monoisotopic (exact) mass is 371 g/mol. The molecule has 0 unspecified atom stereocenters. The lowest BCUT2D eigenvalue weighted by atomic mass is 9.97. The van der Waals surface area contributed by atoms with Gasteiger partial charge in [-0.1, -0.05) is 23.7 Å². The molecule has 2 aromatic rings. The van der Waals surface area contributed by atoms with Gasteiger partial charge in [-0.2, -0.15) is 0 Å². The summed E-state index contributed by atoms with van der Waals surface area (Å²) in [5, 5.41) is 4.22. The first-order valence-corrected chi connectivity index (χ1v) is 9.36. The number of rotatable bonds is 5. The average molecular weight is 372 g/mol. The van der Waals surface area contributed by atoms with Gasteiger partial charge >= 0.3 is 0 Å². The van der Waals surface area contributed by atoms with E-state index in [1.165, 1.54) is 0 Å². The molecule has 0 aliphatic carbocycles.